The van der Waals surface area contributed by atoms with Crippen molar-refractivity contribution in [3.63, 3.8) is 0 Å². The third-order valence-corrected chi connectivity index (χ3v) is 3.03. The van der Waals surface area contributed by atoms with Gasteiger partial charge in [0.05, 0.1) is 10.7 Å². The average molecular weight is 312 g/mol. The second-order valence-corrected chi connectivity index (χ2v) is 4.85. The predicted octanol–water partition coefficient (Wildman–Crippen LogP) is 4.53. The number of carbonyl (C=O) groups is 1. The number of halogens is 2. The number of rotatable bonds is 3. The summed E-state index contributed by atoms with van der Waals surface area (Å²) in [5.41, 5.74) is 0.354. The van der Waals surface area contributed by atoms with Gasteiger partial charge in [-0.2, -0.15) is 5.06 Å². The predicted molar refractivity (Wildman–Crippen MR) is 77.9 cm³/mol. The van der Waals surface area contributed by atoms with Gasteiger partial charge in [-0.15, -0.1) is 0 Å². The number of carbonyl (C=O) groups excluding carboxylic acids is 1. The standard InChI is InChI=1S/C14H11Cl2NO3/c1-9(18)17(19)11-3-5-12(6-4-11)20-14-7-2-10(15)8-13(14)16/h2-8,19H,1H3. The van der Waals surface area contributed by atoms with Crippen molar-refractivity contribution >= 4 is 34.8 Å². The van der Waals surface area contributed by atoms with Crippen LogP contribution in [0, 0.1) is 0 Å². The van der Waals surface area contributed by atoms with Gasteiger partial charge in [0.2, 0.25) is 5.91 Å². The minimum Gasteiger partial charge on any atom is -0.456 e. The number of hydroxylamine groups is 1. The molecule has 2 aromatic carbocycles. The molecular formula is C14H11Cl2NO3. The van der Waals surface area contributed by atoms with Gasteiger partial charge in [-0.1, -0.05) is 23.2 Å². The first-order valence-corrected chi connectivity index (χ1v) is 6.45. The fourth-order valence-corrected chi connectivity index (χ4v) is 1.97. The summed E-state index contributed by atoms with van der Waals surface area (Å²) in [6.07, 6.45) is 0. The number of anilines is 1. The molecule has 0 heterocycles. The van der Waals surface area contributed by atoms with E-state index in [-0.39, 0.29) is 0 Å². The highest BCUT2D eigenvalue weighted by atomic mass is 35.5. The molecule has 1 N–H and O–H groups in total. The number of amides is 1. The van der Waals surface area contributed by atoms with Crippen molar-refractivity contribution in [2.75, 3.05) is 5.06 Å². The SMILES string of the molecule is CC(=O)N(O)c1ccc(Oc2ccc(Cl)cc2Cl)cc1. The van der Waals surface area contributed by atoms with Crippen LogP contribution in [0.4, 0.5) is 5.69 Å². The van der Waals surface area contributed by atoms with Crippen molar-refractivity contribution in [3.8, 4) is 11.5 Å². The van der Waals surface area contributed by atoms with Crippen LogP contribution in [0.3, 0.4) is 0 Å². The lowest BCUT2D eigenvalue weighted by Crippen LogP contribution is -2.23. The molecule has 2 rings (SSSR count). The average Bonchev–Trinajstić information content (AvgIpc) is 2.42. The van der Waals surface area contributed by atoms with Crippen molar-refractivity contribution in [3.05, 3.63) is 52.5 Å². The molecule has 0 aliphatic carbocycles. The van der Waals surface area contributed by atoms with E-state index in [4.69, 9.17) is 27.9 Å². The van der Waals surface area contributed by atoms with Crippen LogP contribution in [0.2, 0.25) is 10.0 Å². The van der Waals surface area contributed by atoms with Crippen LogP contribution in [-0.4, -0.2) is 11.1 Å². The minimum atomic E-state index is -0.473. The Bertz CT molecular complexity index is 629. The molecule has 0 radical (unpaired) electrons. The maximum atomic E-state index is 11.0. The van der Waals surface area contributed by atoms with Crippen molar-refractivity contribution < 1.29 is 14.7 Å². The summed E-state index contributed by atoms with van der Waals surface area (Å²) in [6, 6.07) is 11.3. The van der Waals surface area contributed by atoms with E-state index in [1.165, 1.54) is 6.92 Å². The molecule has 104 valence electrons. The van der Waals surface area contributed by atoms with Crippen LogP contribution in [0.1, 0.15) is 6.92 Å². The van der Waals surface area contributed by atoms with Gasteiger partial charge < -0.3 is 4.74 Å². The molecule has 4 nitrogen and oxygen atoms in total. The Balaban J connectivity index is 2.16. The zero-order chi connectivity index (χ0) is 14.7. The van der Waals surface area contributed by atoms with Gasteiger partial charge in [0.1, 0.15) is 11.5 Å². The molecule has 0 fully saturated rings. The normalized spacial score (nSPS) is 10.2. The van der Waals surface area contributed by atoms with Gasteiger partial charge in [0.15, 0.2) is 0 Å². The van der Waals surface area contributed by atoms with Gasteiger partial charge >= 0.3 is 0 Å². The van der Waals surface area contributed by atoms with Crippen molar-refractivity contribution in [1.29, 1.82) is 0 Å². The zero-order valence-corrected chi connectivity index (χ0v) is 12.0. The molecule has 0 saturated heterocycles. The number of hydrogen-bond acceptors (Lipinski definition) is 3. The molecule has 20 heavy (non-hydrogen) atoms. The Morgan fingerprint density at radius 3 is 2.35 bits per heavy atom. The molecule has 0 atom stereocenters. The smallest absolute Gasteiger partial charge is 0.247 e. The van der Waals surface area contributed by atoms with Crippen LogP contribution >= 0.6 is 23.2 Å². The van der Waals surface area contributed by atoms with Crippen LogP contribution in [0.15, 0.2) is 42.5 Å². The minimum absolute atomic E-state index is 0.354. The summed E-state index contributed by atoms with van der Waals surface area (Å²) in [5.74, 6) is 0.519. The number of benzene rings is 2. The summed E-state index contributed by atoms with van der Waals surface area (Å²) >= 11 is 11.8. The lowest BCUT2D eigenvalue weighted by Gasteiger charge is -2.13. The van der Waals surface area contributed by atoms with E-state index < -0.39 is 5.91 Å². The van der Waals surface area contributed by atoms with Gasteiger partial charge in [-0.3, -0.25) is 10.0 Å². The largest absolute Gasteiger partial charge is 0.456 e. The molecule has 0 unspecified atom stereocenters. The van der Waals surface area contributed by atoms with Gasteiger partial charge in [-0.05, 0) is 42.5 Å². The molecule has 0 aliphatic rings. The van der Waals surface area contributed by atoms with Crippen molar-refractivity contribution in [1.82, 2.24) is 0 Å². The van der Waals surface area contributed by atoms with E-state index in [1.807, 2.05) is 0 Å². The maximum Gasteiger partial charge on any atom is 0.247 e. The molecular weight excluding hydrogens is 301 g/mol. The van der Waals surface area contributed by atoms with Gasteiger partial charge in [0, 0.05) is 11.9 Å². The Hall–Kier alpha value is -1.75. The molecule has 0 aliphatic heterocycles. The highest BCUT2D eigenvalue weighted by Gasteiger charge is 2.08. The molecule has 2 aromatic rings. The van der Waals surface area contributed by atoms with E-state index in [9.17, 15) is 10.0 Å². The van der Waals surface area contributed by atoms with Gasteiger partial charge in [0.25, 0.3) is 0 Å². The molecule has 1 amide bonds. The highest BCUT2D eigenvalue weighted by Crippen LogP contribution is 2.32. The first-order chi connectivity index (χ1) is 9.47. The van der Waals surface area contributed by atoms with Gasteiger partial charge in [-0.25, -0.2) is 0 Å². The molecule has 0 aromatic heterocycles. The third kappa shape index (κ3) is 3.42. The Morgan fingerprint density at radius 1 is 1.15 bits per heavy atom. The van der Waals surface area contributed by atoms with Crippen LogP contribution in [0.5, 0.6) is 11.5 Å². The molecule has 0 bridgehead atoms. The Labute approximate surface area is 126 Å². The summed E-state index contributed by atoms with van der Waals surface area (Å²) in [5, 5.41) is 10.9. The second kappa shape index (κ2) is 6.13. The molecule has 6 heteroatoms. The topological polar surface area (TPSA) is 49.8 Å². The van der Waals surface area contributed by atoms with E-state index in [0.29, 0.717) is 32.3 Å². The van der Waals surface area contributed by atoms with Crippen molar-refractivity contribution in [2.24, 2.45) is 0 Å². The highest BCUT2D eigenvalue weighted by molar-refractivity contribution is 6.35. The Kier molecular flexibility index (Phi) is 4.49. The lowest BCUT2D eigenvalue weighted by atomic mass is 10.3. The second-order valence-electron chi connectivity index (χ2n) is 4.00. The lowest BCUT2D eigenvalue weighted by molar-refractivity contribution is -0.121. The van der Waals surface area contributed by atoms with E-state index >= 15 is 0 Å². The zero-order valence-electron chi connectivity index (χ0n) is 10.5. The third-order valence-electron chi connectivity index (χ3n) is 2.50. The summed E-state index contributed by atoms with van der Waals surface area (Å²) < 4.78 is 5.58. The summed E-state index contributed by atoms with van der Waals surface area (Å²) in [4.78, 5) is 11.0. The first kappa shape index (κ1) is 14.7. The van der Waals surface area contributed by atoms with Crippen LogP contribution in [0.25, 0.3) is 0 Å². The van der Waals surface area contributed by atoms with Crippen LogP contribution in [-0.2, 0) is 4.79 Å². The van der Waals surface area contributed by atoms with Crippen LogP contribution < -0.4 is 9.80 Å². The summed E-state index contributed by atoms with van der Waals surface area (Å²) in [7, 11) is 0. The summed E-state index contributed by atoms with van der Waals surface area (Å²) in [6.45, 7) is 1.26. The maximum absolute atomic E-state index is 11.0. The van der Waals surface area contributed by atoms with E-state index in [2.05, 4.69) is 0 Å². The number of hydrogen-bond donors (Lipinski definition) is 1. The number of ether oxygens (including phenoxy) is 1. The Morgan fingerprint density at radius 2 is 1.80 bits per heavy atom. The number of nitrogens with zero attached hydrogens (tertiary/aromatic N) is 1. The molecule has 0 spiro atoms. The first-order valence-electron chi connectivity index (χ1n) is 5.70. The fraction of sp³-hybridized carbons (Fsp3) is 0.0714. The van der Waals surface area contributed by atoms with E-state index in [0.717, 1.165) is 0 Å². The monoisotopic (exact) mass is 311 g/mol. The quantitative estimate of drug-likeness (QED) is 0.669. The van der Waals surface area contributed by atoms with Crippen molar-refractivity contribution in [2.45, 2.75) is 6.92 Å². The van der Waals surface area contributed by atoms with E-state index in [1.54, 1.807) is 42.5 Å². The molecule has 0 saturated carbocycles. The fourth-order valence-electron chi connectivity index (χ4n) is 1.52.